The first-order chi connectivity index (χ1) is 14.0. The quantitative estimate of drug-likeness (QED) is 0.686. The van der Waals surface area contributed by atoms with Crippen LogP contribution in [0.25, 0.3) is 11.1 Å². The van der Waals surface area contributed by atoms with Gasteiger partial charge >= 0.3 is 0 Å². The molecule has 1 heterocycles. The van der Waals surface area contributed by atoms with Gasteiger partial charge in [0, 0.05) is 19.8 Å². The molecule has 1 N–H and O–H groups in total. The van der Waals surface area contributed by atoms with Crippen LogP contribution in [0.1, 0.15) is 24.8 Å². The molecule has 1 fully saturated rings. The Labute approximate surface area is 173 Å². The van der Waals surface area contributed by atoms with Gasteiger partial charge in [0.05, 0.1) is 5.41 Å². The second kappa shape index (κ2) is 9.99. The first-order valence-electron chi connectivity index (χ1n) is 10.3. The number of carbonyl (C=O) groups is 1. The summed E-state index contributed by atoms with van der Waals surface area (Å²) in [6.07, 6.45) is 3.08. The zero-order chi connectivity index (χ0) is 20.7. The minimum Gasteiger partial charge on any atom is -0.381 e. The van der Waals surface area contributed by atoms with Crippen molar-refractivity contribution < 1.29 is 13.9 Å². The van der Waals surface area contributed by atoms with E-state index in [4.69, 9.17) is 4.74 Å². The molecule has 1 saturated heterocycles. The Kier molecular flexibility index (Phi) is 7.40. The third-order valence-electron chi connectivity index (χ3n) is 5.65. The average molecular weight is 399 g/mol. The van der Waals surface area contributed by atoms with E-state index >= 15 is 0 Å². The summed E-state index contributed by atoms with van der Waals surface area (Å²) in [5.74, 6) is -0.108. The van der Waals surface area contributed by atoms with Gasteiger partial charge in [-0.25, -0.2) is 4.39 Å². The molecule has 0 spiro atoms. The van der Waals surface area contributed by atoms with Crippen molar-refractivity contribution in [3.8, 4) is 11.1 Å². The molecule has 4 nitrogen and oxygen atoms in total. The van der Waals surface area contributed by atoms with Crippen molar-refractivity contribution in [2.45, 2.75) is 25.7 Å². The summed E-state index contributed by atoms with van der Waals surface area (Å²) < 4.78 is 18.8. The first-order valence-corrected chi connectivity index (χ1v) is 10.3. The van der Waals surface area contributed by atoms with Crippen LogP contribution in [0.4, 0.5) is 4.39 Å². The lowest BCUT2D eigenvalue weighted by Crippen LogP contribution is -2.46. The van der Waals surface area contributed by atoms with E-state index in [-0.39, 0.29) is 11.7 Å². The Morgan fingerprint density at radius 2 is 1.83 bits per heavy atom. The van der Waals surface area contributed by atoms with E-state index in [9.17, 15) is 9.18 Å². The van der Waals surface area contributed by atoms with Crippen molar-refractivity contribution in [1.82, 2.24) is 10.2 Å². The molecule has 3 rings (SSSR count). The summed E-state index contributed by atoms with van der Waals surface area (Å²) >= 11 is 0. The van der Waals surface area contributed by atoms with Crippen LogP contribution in [0.5, 0.6) is 0 Å². The van der Waals surface area contributed by atoms with Gasteiger partial charge in [0.2, 0.25) is 5.91 Å². The van der Waals surface area contributed by atoms with Crippen LogP contribution in [0.3, 0.4) is 0 Å². The third kappa shape index (κ3) is 5.87. The van der Waals surface area contributed by atoms with Gasteiger partial charge in [-0.05, 0) is 75.1 Å². The minimum atomic E-state index is -0.433. The van der Waals surface area contributed by atoms with E-state index in [0.29, 0.717) is 26.2 Å². The van der Waals surface area contributed by atoms with Crippen LogP contribution in [0.2, 0.25) is 0 Å². The average Bonchev–Trinajstić information content (AvgIpc) is 2.72. The molecule has 0 aliphatic carbocycles. The predicted molar refractivity (Wildman–Crippen MR) is 114 cm³/mol. The fraction of sp³-hybridized carbons (Fsp3) is 0.458. The zero-order valence-electron chi connectivity index (χ0n) is 17.4. The smallest absolute Gasteiger partial charge is 0.226 e. The zero-order valence-corrected chi connectivity index (χ0v) is 17.4. The Bertz CT molecular complexity index is 799. The molecule has 2 aromatic carbocycles. The molecule has 0 saturated carbocycles. The lowest BCUT2D eigenvalue weighted by molar-refractivity contribution is -0.136. The summed E-state index contributed by atoms with van der Waals surface area (Å²) in [6, 6.07) is 14.7. The van der Waals surface area contributed by atoms with Crippen molar-refractivity contribution in [2.24, 2.45) is 5.41 Å². The Morgan fingerprint density at radius 1 is 1.10 bits per heavy atom. The monoisotopic (exact) mass is 398 g/mol. The van der Waals surface area contributed by atoms with Crippen LogP contribution in [-0.2, 0) is 16.0 Å². The maximum atomic E-state index is 13.2. The Morgan fingerprint density at radius 3 is 2.52 bits per heavy atom. The van der Waals surface area contributed by atoms with Gasteiger partial charge in [0.15, 0.2) is 0 Å². The molecule has 2 aromatic rings. The molecule has 1 amide bonds. The number of benzene rings is 2. The number of nitrogens with one attached hydrogen (secondary N) is 1. The number of hydrogen-bond acceptors (Lipinski definition) is 3. The van der Waals surface area contributed by atoms with Gasteiger partial charge in [0.1, 0.15) is 5.82 Å². The van der Waals surface area contributed by atoms with Crippen LogP contribution in [-0.4, -0.2) is 51.2 Å². The topological polar surface area (TPSA) is 41.6 Å². The number of carbonyl (C=O) groups excluding carboxylic acids is 1. The maximum absolute atomic E-state index is 13.2. The van der Waals surface area contributed by atoms with Crippen molar-refractivity contribution in [3.63, 3.8) is 0 Å². The molecule has 29 heavy (non-hydrogen) atoms. The fourth-order valence-electron chi connectivity index (χ4n) is 3.92. The van der Waals surface area contributed by atoms with Gasteiger partial charge in [-0.1, -0.05) is 36.4 Å². The fourth-order valence-corrected chi connectivity index (χ4v) is 3.92. The molecule has 0 atom stereocenters. The molecule has 0 radical (unpaired) electrons. The van der Waals surface area contributed by atoms with Crippen LogP contribution < -0.4 is 5.32 Å². The summed E-state index contributed by atoms with van der Waals surface area (Å²) in [5.41, 5.74) is 2.70. The Hall–Kier alpha value is -2.24. The van der Waals surface area contributed by atoms with Gasteiger partial charge in [-0.2, -0.15) is 0 Å². The maximum Gasteiger partial charge on any atom is 0.226 e. The molecule has 0 aromatic heterocycles. The molecule has 5 heteroatoms. The Balaban J connectivity index is 1.73. The molecule has 1 aliphatic heterocycles. The van der Waals surface area contributed by atoms with Gasteiger partial charge in [0.25, 0.3) is 0 Å². The highest BCUT2D eigenvalue weighted by Crippen LogP contribution is 2.35. The van der Waals surface area contributed by atoms with Crippen molar-refractivity contribution in [2.75, 3.05) is 40.4 Å². The number of rotatable bonds is 8. The lowest BCUT2D eigenvalue weighted by atomic mass is 9.74. The molecular formula is C24H31FN2O2. The highest BCUT2D eigenvalue weighted by Gasteiger charge is 2.39. The molecule has 1 aliphatic rings. The number of ether oxygens (including phenoxy) is 1. The number of halogens is 1. The van der Waals surface area contributed by atoms with Gasteiger partial charge in [-0.3, -0.25) is 4.79 Å². The number of amides is 1. The normalized spacial score (nSPS) is 16.0. The van der Waals surface area contributed by atoms with Gasteiger partial charge < -0.3 is 15.0 Å². The van der Waals surface area contributed by atoms with Crippen molar-refractivity contribution in [3.05, 3.63) is 59.9 Å². The van der Waals surface area contributed by atoms with E-state index < -0.39 is 5.41 Å². The SMILES string of the molecule is CN(C)CCCNC(=O)C1(Cc2cccc(-c3ccc(F)cc3)c2)CCOCC1. The van der Waals surface area contributed by atoms with E-state index in [2.05, 4.69) is 22.3 Å². The van der Waals surface area contributed by atoms with E-state index in [1.54, 1.807) is 12.1 Å². The van der Waals surface area contributed by atoms with Crippen LogP contribution >= 0.6 is 0 Å². The second-order valence-electron chi connectivity index (χ2n) is 8.19. The molecule has 0 unspecified atom stereocenters. The summed E-state index contributed by atoms with van der Waals surface area (Å²) in [4.78, 5) is 15.3. The predicted octanol–water partition coefficient (Wildman–Crippen LogP) is 3.90. The molecule has 0 bridgehead atoms. The molecular weight excluding hydrogens is 367 g/mol. The summed E-state index contributed by atoms with van der Waals surface area (Å²) in [7, 11) is 4.08. The second-order valence-corrected chi connectivity index (χ2v) is 8.19. The standard InChI is InChI=1S/C24H31FN2O2/c1-27(2)14-4-13-26-23(28)24(11-15-29-16-12-24)18-19-5-3-6-21(17-19)20-7-9-22(25)10-8-20/h3,5-10,17H,4,11-16,18H2,1-2H3,(H,26,28). The summed E-state index contributed by atoms with van der Waals surface area (Å²) in [6.45, 7) is 2.87. The van der Waals surface area contributed by atoms with Crippen molar-refractivity contribution >= 4 is 5.91 Å². The first kappa shape index (κ1) is 21.5. The number of nitrogens with zero attached hydrogens (tertiary/aromatic N) is 1. The highest BCUT2D eigenvalue weighted by atomic mass is 19.1. The minimum absolute atomic E-state index is 0.131. The van der Waals surface area contributed by atoms with E-state index in [1.165, 1.54) is 12.1 Å². The van der Waals surface area contributed by atoms with E-state index in [0.717, 1.165) is 42.5 Å². The molecule has 156 valence electrons. The largest absolute Gasteiger partial charge is 0.381 e. The third-order valence-corrected chi connectivity index (χ3v) is 5.65. The lowest BCUT2D eigenvalue weighted by Gasteiger charge is -2.36. The van der Waals surface area contributed by atoms with Crippen LogP contribution in [0.15, 0.2) is 48.5 Å². The van der Waals surface area contributed by atoms with E-state index in [1.807, 2.05) is 26.2 Å². The van der Waals surface area contributed by atoms with Gasteiger partial charge in [-0.15, -0.1) is 0 Å². The highest BCUT2D eigenvalue weighted by molar-refractivity contribution is 5.83. The number of hydrogen-bond donors (Lipinski definition) is 1. The summed E-state index contributed by atoms with van der Waals surface area (Å²) in [5, 5.41) is 3.16. The van der Waals surface area contributed by atoms with Crippen LogP contribution in [0, 0.1) is 11.2 Å². The van der Waals surface area contributed by atoms with Crippen molar-refractivity contribution in [1.29, 1.82) is 0 Å².